The summed E-state index contributed by atoms with van der Waals surface area (Å²) in [6.45, 7) is 10.1. The number of aliphatic carboxylic acids is 1. The first-order chi connectivity index (χ1) is 9.27. The Kier molecular flexibility index (Phi) is 10.3. The van der Waals surface area contributed by atoms with Gasteiger partial charge in [-0.2, -0.15) is 0 Å². The van der Waals surface area contributed by atoms with Gasteiger partial charge in [-0.05, 0) is 19.3 Å². The molecule has 0 heterocycles. The normalized spacial score (nSPS) is 19.1. The lowest BCUT2D eigenvalue weighted by atomic mass is 10.2. The Labute approximate surface area is 131 Å². The summed E-state index contributed by atoms with van der Waals surface area (Å²) in [5.74, 6) is -0.874. The van der Waals surface area contributed by atoms with Crippen LogP contribution in [0.5, 0.6) is 0 Å². The third-order valence-corrected chi connectivity index (χ3v) is 12.1. The van der Waals surface area contributed by atoms with Gasteiger partial charge in [0.1, 0.15) is 6.04 Å². The highest BCUT2D eigenvalue weighted by atomic mass is 33.1. The SMILES string of the molecule is CCC(C)SP(=O)(CNC(CC)C(=O)O)SC(C)CC. The number of hydrogen-bond donors (Lipinski definition) is 2. The van der Waals surface area contributed by atoms with E-state index >= 15 is 0 Å². The van der Waals surface area contributed by atoms with Crippen LogP contribution in [0.25, 0.3) is 0 Å². The molecule has 20 heavy (non-hydrogen) atoms. The Morgan fingerprint density at radius 3 is 1.85 bits per heavy atom. The largest absolute Gasteiger partial charge is 0.480 e. The summed E-state index contributed by atoms with van der Waals surface area (Å²) in [5.41, 5.74) is -2.51. The molecule has 2 N–H and O–H groups in total. The number of carboxylic acids is 1. The second kappa shape index (κ2) is 10.1. The first-order valence-corrected chi connectivity index (χ1v) is 12.1. The van der Waals surface area contributed by atoms with Crippen molar-refractivity contribution in [3.63, 3.8) is 0 Å². The third-order valence-electron chi connectivity index (χ3n) is 3.07. The second-order valence-electron chi connectivity index (χ2n) is 4.92. The summed E-state index contributed by atoms with van der Waals surface area (Å²) < 4.78 is 13.1. The molecule has 0 amide bonds. The molecule has 4 nitrogen and oxygen atoms in total. The van der Waals surface area contributed by atoms with E-state index in [1.54, 1.807) is 0 Å². The van der Waals surface area contributed by atoms with Gasteiger partial charge in [0.05, 0.1) is 6.29 Å². The van der Waals surface area contributed by atoms with E-state index in [2.05, 4.69) is 33.0 Å². The van der Waals surface area contributed by atoms with Crippen LogP contribution in [0.4, 0.5) is 0 Å². The minimum absolute atomic E-state index is 0.280. The second-order valence-corrected chi connectivity index (χ2v) is 14.0. The van der Waals surface area contributed by atoms with Crippen LogP contribution in [0.15, 0.2) is 0 Å². The van der Waals surface area contributed by atoms with E-state index < -0.39 is 17.6 Å². The van der Waals surface area contributed by atoms with E-state index in [0.717, 1.165) is 12.8 Å². The van der Waals surface area contributed by atoms with Crippen LogP contribution in [0, 0.1) is 0 Å². The number of nitrogens with one attached hydrogen (secondary N) is 1. The molecule has 0 bridgehead atoms. The molecule has 0 aromatic heterocycles. The van der Waals surface area contributed by atoms with E-state index in [1.807, 2.05) is 6.92 Å². The van der Waals surface area contributed by atoms with Crippen LogP contribution >= 0.6 is 28.3 Å². The lowest BCUT2D eigenvalue weighted by Crippen LogP contribution is -2.36. The molecule has 0 spiro atoms. The summed E-state index contributed by atoms with van der Waals surface area (Å²) in [4.78, 5) is 11.0. The van der Waals surface area contributed by atoms with Gasteiger partial charge >= 0.3 is 5.97 Å². The summed E-state index contributed by atoms with van der Waals surface area (Å²) in [7, 11) is 0. The molecule has 0 rings (SSSR count). The number of hydrogen-bond acceptors (Lipinski definition) is 5. The van der Waals surface area contributed by atoms with Crippen LogP contribution in [0.3, 0.4) is 0 Å². The zero-order valence-electron chi connectivity index (χ0n) is 13.1. The molecule has 120 valence electrons. The molecule has 3 atom stereocenters. The van der Waals surface area contributed by atoms with Crippen molar-refractivity contribution in [3.8, 4) is 0 Å². The van der Waals surface area contributed by atoms with Gasteiger partial charge in [0.25, 0.3) is 0 Å². The molecular formula is C13H28NO3PS2. The van der Waals surface area contributed by atoms with E-state index in [9.17, 15) is 9.36 Å². The van der Waals surface area contributed by atoms with E-state index in [1.165, 1.54) is 22.8 Å². The maximum Gasteiger partial charge on any atom is 0.320 e. The molecule has 0 saturated carbocycles. The van der Waals surface area contributed by atoms with Gasteiger partial charge in [0.15, 0.2) is 0 Å². The molecule has 0 radical (unpaired) electrons. The minimum atomic E-state index is -2.51. The van der Waals surface area contributed by atoms with E-state index in [-0.39, 0.29) is 6.29 Å². The Bertz CT molecular complexity index is 326. The van der Waals surface area contributed by atoms with Crippen molar-refractivity contribution in [2.75, 3.05) is 6.29 Å². The van der Waals surface area contributed by atoms with Crippen LogP contribution in [-0.4, -0.2) is 33.9 Å². The highest BCUT2D eigenvalue weighted by Gasteiger charge is 2.29. The maximum absolute atomic E-state index is 13.1. The lowest BCUT2D eigenvalue weighted by Gasteiger charge is -2.24. The minimum Gasteiger partial charge on any atom is -0.480 e. The quantitative estimate of drug-likeness (QED) is 0.533. The van der Waals surface area contributed by atoms with E-state index in [0.29, 0.717) is 16.9 Å². The molecule has 7 heteroatoms. The number of rotatable bonds is 11. The topological polar surface area (TPSA) is 66.4 Å². The number of carboxylic acid groups (broad SMARTS) is 1. The van der Waals surface area contributed by atoms with Crippen molar-refractivity contribution < 1.29 is 14.5 Å². The molecule has 0 aliphatic heterocycles. The predicted octanol–water partition coefficient (Wildman–Crippen LogP) is 4.65. The monoisotopic (exact) mass is 341 g/mol. The molecular weight excluding hydrogens is 313 g/mol. The van der Waals surface area contributed by atoms with Crippen molar-refractivity contribution in [2.45, 2.75) is 70.4 Å². The van der Waals surface area contributed by atoms with Crippen LogP contribution in [0.2, 0.25) is 0 Å². The van der Waals surface area contributed by atoms with Crippen molar-refractivity contribution in [1.82, 2.24) is 5.32 Å². The molecule has 0 aromatic carbocycles. The zero-order valence-corrected chi connectivity index (χ0v) is 15.6. The van der Waals surface area contributed by atoms with Gasteiger partial charge in [0.2, 0.25) is 5.55 Å². The summed E-state index contributed by atoms with van der Waals surface area (Å²) in [5, 5.41) is 12.7. The average molecular weight is 341 g/mol. The average Bonchev–Trinajstić information content (AvgIpc) is 2.38. The predicted molar refractivity (Wildman–Crippen MR) is 92.0 cm³/mol. The summed E-state index contributed by atoms with van der Waals surface area (Å²) >= 11 is 3.04. The van der Waals surface area contributed by atoms with Gasteiger partial charge in [0, 0.05) is 10.5 Å². The van der Waals surface area contributed by atoms with E-state index in [4.69, 9.17) is 5.11 Å². The lowest BCUT2D eigenvalue weighted by molar-refractivity contribution is -0.139. The molecule has 0 saturated heterocycles. The summed E-state index contributed by atoms with van der Waals surface area (Å²) in [6, 6.07) is -0.613. The Morgan fingerprint density at radius 2 is 1.55 bits per heavy atom. The number of carbonyl (C=O) groups is 1. The van der Waals surface area contributed by atoms with Crippen LogP contribution < -0.4 is 5.32 Å². The van der Waals surface area contributed by atoms with Crippen molar-refractivity contribution in [1.29, 1.82) is 0 Å². The standard InChI is InChI=1S/C13H28NO3PS2/c1-6-10(4)19-18(17,20-11(5)7-2)9-14-12(8-3)13(15)16/h10-12,14H,6-9H2,1-5H3,(H,15,16). The van der Waals surface area contributed by atoms with Crippen molar-refractivity contribution >= 4 is 34.3 Å². The van der Waals surface area contributed by atoms with Gasteiger partial charge in [-0.3, -0.25) is 14.7 Å². The van der Waals surface area contributed by atoms with Crippen LogP contribution in [0.1, 0.15) is 53.9 Å². The highest BCUT2D eigenvalue weighted by molar-refractivity contribution is 8.90. The Hall–Kier alpha value is 0.360. The van der Waals surface area contributed by atoms with Gasteiger partial charge in [-0.1, -0.05) is 57.4 Å². The van der Waals surface area contributed by atoms with Crippen molar-refractivity contribution in [3.05, 3.63) is 0 Å². The molecule has 0 aliphatic rings. The van der Waals surface area contributed by atoms with Gasteiger partial charge in [-0.25, -0.2) is 0 Å². The third kappa shape index (κ3) is 7.96. The Morgan fingerprint density at radius 1 is 1.10 bits per heavy atom. The van der Waals surface area contributed by atoms with Gasteiger partial charge < -0.3 is 5.11 Å². The summed E-state index contributed by atoms with van der Waals surface area (Å²) in [6.07, 6.45) is 2.71. The first kappa shape index (κ1) is 20.4. The molecule has 0 aliphatic carbocycles. The molecule has 3 unspecified atom stereocenters. The smallest absolute Gasteiger partial charge is 0.320 e. The van der Waals surface area contributed by atoms with Crippen molar-refractivity contribution in [2.24, 2.45) is 0 Å². The fourth-order valence-electron chi connectivity index (χ4n) is 1.43. The Balaban J connectivity index is 4.75. The molecule has 0 aromatic rings. The van der Waals surface area contributed by atoms with Gasteiger partial charge in [-0.15, -0.1) is 0 Å². The fraction of sp³-hybridized carbons (Fsp3) is 0.923. The molecule has 0 fully saturated rings. The first-order valence-electron chi connectivity index (χ1n) is 7.19. The highest BCUT2D eigenvalue weighted by Crippen LogP contribution is 2.71. The van der Waals surface area contributed by atoms with Crippen LogP contribution in [-0.2, 0) is 9.36 Å². The fourth-order valence-corrected chi connectivity index (χ4v) is 11.8. The zero-order chi connectivity index (χ0) is 15.8. The maximum atomic E-state index is 13.1.